The lowest BCUT2D eigenvalue weighted by atomic mass is 9.89. The second-order valence-corrected chi connectivity index (χ2v) is 10.4. The number of hydrogen-bond acceptors (Lipinski definition) is 7. The van der Waals surface area contributed by atoms with Crippen molar-refractivity contribution in [3.63, 3.8) is 0 Å². The van der Waals surface area contributed by atoms with Gasteiger partial charge in [0.2, 0.25) is 0 Å². The molecular weight excluding hydrogens is 466 g/mol. The number of nitrogens with zero attached hydrogens (tertiary/aromatic N) is 4. The number of carbonyl (C=O) groups excluding carboxylic acids is 2. The highest BCUT2D eigenvalue weighted by Gasteiger charge is 2.34. The number of piperidine rings is 2. The minimum atomic E-state index is -0.678. The number of aromatic nitrogens is 1. The van der Waals surface area contributed by atoms with Gasteiger partial charge in [0, 0.05) is 24.0 Å². The fraction of sp³-hybridized carbons (Fsp3) is 0.500. The maximum Gasteiger partial charge on any atom is 0.313 e. The molecule has 2 amide bonds. The van der Waals surface area contributed by atoms with Crippen LogP contribution in [0.5, 0.6) is 0 Å². The van der Waals surface area contributed by atoms with Crippen molar-refractivity contribution in [2.45, 2.75) is 58.0 Å². The molecule has 37 heavy (non-hydrogen) atoms. The minimum Gasteiger partial charge on any atom is -0.398 e. The normalized spacial score (nSPS) is 21.3. The molecule has 5 N–H and O–H groups in total. The van der Waals surface area contributed by atoms with Gasteiger partial charge in [-0.15, -0.1) is 0 Å². The Labute approximate surface area is 219 Å². The number of amides is 2. The molecular formula is C28H39N7O2. The third-order valence-electron chi connectivity index (χ3n) is 7.52. The highest BCUT2D eigenvalue weighted by Crippen LogP contribution is 2.35. The number of pyridine rings is 1. The molecule has 2 aromatic rings. The van der Waals surface area contributed by atoms with Crippen LogP contribution in [0.2, 0.25) is 0 Å². The summed E-state index contributed by atoms with van der Waals surface area (Å²) in [6, 6.07) is 7.76. The molecule has 198 valence electrons. The molecule has 0 aliphatic carbocycles. The highest BCUT2D eigenvalue weighted by atomic mass is 16.2. The number of aryl methyl sites for hydroxylation is 1. The first-order valence-electron chi connectivity index (χ1n) is 13.2. The Hall–Kier alpha value is -3.46. The van der Waals surface area contributed by atoms with Gasteiger partial charge < -0.3 is 26.6 Å². The largest absolute Gasteiger partial charge is 0.398 e. The zero-order chi connectivity index (χ0) is 26.5. The first-order valence-corrected chi connectivity index (χ1v) is 13.2. The van der Waals surface area contributed by atoms with Gasteiger partial charge in [0.05, 0.1) is 24.0 Å². The maximum absolute atomic E-state index is 13.3. The Morgan fingerprint density at radius 2 is 1.92 bits per heavy atom. The molecule has 2 atom stereocenters. The molecule has 1 aromatic carbocycles. The Kier molecular flexibility index (Phi) is 8.43. The number of nitrogen functional groups attached to an aromatic ring is 2. The maximum atomic E-state index is 13.3. The van der Waals surface area contributed by atoms with Crippen LogP contribution < -0.4 is 16.8 Å². The van der Waals surface area contributed by atoms with E-state index in [4.69, 9.17) is 16.5 Å². The average Bonchev–Trinajstić information content (AvgIpc) is 2.89. The van der Waals surface area contributed by atoms with Crippen molar-refractivity contribution < 1.29 is 9.59 Å². The fourth-order valence-corrected chi connectivity index (χ4v) is 5.16. The molecule has 1 aromatic heterocycles. The monoisotopic (exact) mass is 505 g/mol. The van der Waals surface area contributed by atoms with Crippen molar-refractivity contribution in [3.05, 3.63) is 47.2 Å². The van der Waals surface area contributed by atoms with Crippen molar-refractivity contribution in [1.29, 1.82) is 0 Å². The van der Waals surface area contributed by atoms with E-state index in [2.05, 4.69) is 29.2 Å². The van der Waals surface area contributed by atoms with Gasteiger partial charge in [-0.25, -0.2) is 4.98 Å². The molecule has 3 heterocycles. The van der Waals surface area contributed by atoms with Crippen molar-refractivity contribution >= 4 is 35.2 Å². The molecule has 9 nitrogen and oxygen atoms in total. The molecule has 0 unspecified atom stereocenters. The number of anilines is 3. The molecule has 0 radical (unpaired) electrons. The Morgan fingerprint density at radius 3 is 2.62 bits per heavy atom. The predicted molar refractivity (Wildman–Crippen MR) is 148 cm³/mol. The minimum absolute atomic E-state index is 0.215. The van der Waals surface area contributed by atoms with Crippen LogP contribution in [0.1, 0.15) is 62.3 Å². The lowest BCUT2D eigenvalue weighted by molar-refractivity contribution is -0.146. The van der Waals surface area contributed by atoms with Crippen molar-refractivity contribution in [2.75, 3.05) is 43.5 Å². The van der Waals surface area contributed by atoms with E-state index < -0.39 is 11.8 Å². The SMILES string of the molecule is CCc1cc(NC(=O)C(=O)N2C[C@@H](C)CC[C@@H]2c2ccc(C=NC3CCN(C)CC3)c(N)c2)cnc1N. The smallest absolute Gasteiger partial charge is 0.313 e. The molecule has 0 spiro atoms. The fourth-order valence-electron chi connectivity index (χ4n) is 5.16. The first-order chi connectivity index (χ1) is 17.7. The summed E-state index contributed by atoms with van der Waals surface area (Å²) in [6.45, 7) is 6.69. The summed E-state index contributed by atoms with van der Waals surface area (Å²) in [4.78, 5) is 39.2. The third-order valence-corrected chi connectivity index (χ3v) is 7.52. The summed E-state index contributed by atoms with van der Waals surface area (Å²) in [7, 11) is 2.14. The number of hydrogen-bond donors (Lipinski definition) is 3. The average molecular weight is 506 g/mol. The Bertz CT molecular complexity index is 1160. The molecule has 2 fully saturated rings. The summed E-state index contributed by atoms with van der Waals surface area (Å²) in [6.07, 6.45) is 7.88. The Balaban J connectivity index is 1.48. The van der Waals surface area contributed by atoms with Gasteiger partial charge in [-0.05, 0) is 81.4 Å². The van der Waals surface area contributed by atoms with Crippen LogP contribution in [-0.2, 0) is 16.0 Å². The van der Waals surface area contributed by atoms with Gasteiger partial charge in [-0.1, -0.05) is 26.0 Å². The van der Waals surface area contributed by atoms with E-state index in [1.807, 2.05) is 31.3 Å². The van der Waals surface area contributed by atoms with E-state index in [-0.39, 0.29) is 6.04 Å². The standard InChI is InChI=1S/C28H39N7O2/c1-4-19-13-23(16-32-26(19)30)33-27(36)28(37)35-17-18(2)5-8-25(35)20-6-7-21(24(29)14-20)15-31-22-9-11-34(3)12-10-22/h6-7,13-16,18,22,25H,4-5,8-12,17,29H2,1-3H3,(H2,30,32)(H,33,36)/t18-,25+/m0/s1. The molecule has 2 aliphatic heterocycles. The summed E-state index contributed by atoms with van der Waals surface area (Å²) < 4.78 is 0. The van der Waals surface area contributed by atoms with Crippen LogP contribution in [0.4, 0.5) is 17.2 Å². The number of nitrogens with one attached hydrogen (secondary N) is 1. The van der Waals surface area contributed by atoms with Gasteiger partial charge in [0.15, 0.2) is 0 Å². The van der Waals surface area contributed by atoms with E-state index >= 15 is 0 Å². The molecule has 4 rings (SSSR count). The Morgan fingerprint density at radius 1 is 1.16 bits per heavy atom. The van der Waals surface area contributed by atoms with Crippen molar-refractivity contribution in [3.8, 4) is 0 Å². The summed E-state index contributed by atoms with van der Waals surface area (Å²) >= 11 is 0. The predicted octanol–water partition coefficient (Wildman–Crippen LogP) is 3.26. The third kappa shape index (κ3) is 6.46. The number of nitrogens with two attached hydrogens (primary N) is 2. The molecule has 9 heteroatoms. The van der Waals surface area contributed by atoms with Gasteiger partial charge >= 0.3 is 11.8 Å². The molecule has 2 saturated heterocycles. The van der Waals surface area contributed by atoms with Crippen LogP contribution in [0.15, 0.2) is 35.5 Å². The van der Waals surface area contributed by atoms with Gasteiger partial charge in [-0.2, -0.15) is 0 Å². The van der Waals surface area contributed by atoms with E-state index in [1.165, 1.54) is 6.20 Å². The van der Waals surface area contributed by atoms with E-state index in [1.54, 1.807) is 11.0 Å². The number of aliphatic imine (C=N–C) groups is 1. The zero-order valence-electron chi connectivity index (χ0n) is 22.1. The number of carbonyl (C=O) groups is 2. The highest BCUT2D eigenvalue weighted by molar-refractivity contribution is 6.39. The first kappa shape index (κ1) is 26.6. The lowest BCUT2D eigenvalue weighted by Crippen LogP contribution is -2.46. The second kappa shape index (κ2) is 11.7. The van der Waals surface area contributed by atoms with Crippen LogP contribution in [0, 0.1) is 5.92 Å². The van der Waals surface area contributed by atoms with Crippen LogP contribution in [0.3, 0.4) is 0 Å². The van der Waals surface area contributed by atoms with Gasteiger partial charge in [0.1, 0.15) is 5.82 Å². The van der Waals surface area contributed by atoms with Gasteiger partial charge in [-0.3, -0.25) is 14.6 Å². The molecule has 2 aliphatic rings. The second-order valence-electron chi connectivity index (χ2n) is 10.4. The van der Waals surface area contributed by atoms with Crippen LogP contribution >= 0.6 is 0 Å². The van der Waals surface area contributed by atoms with E-state index in [0.29, 0.717) is 42.1 Å². The van der Waals surface area contributed by atoms with Crippen LogP contribution in [-0.4, -0.2) is 65.5 Å². The zero-order valence-corrected chi connectivity index (χ0v) is 22.1. The number of benzene rings is 1. The number of likely N-dealkylation sites (tertiary alicyclic amines) is 2. The van der Waals surface area contributed by atoms with Crippen molar-refractivity contribution in [2.24, 2.45) is 10.9 Å². The summed E-state index contributed by atoms with van der Waals surface area (Å²) in [5.74, 6) is -0.508. The lowest BCUT2D eigenvalue weighted by Gasteiger charge is -2.38. The topological polar surface area (TPSA) is 130 Å². The van der Waals surface area contributed by atoms with Crippen molar-refractivity contribution in [1.82, 2.24) is 14.8 Å². The summed E-state index contributed by atoms with van der Waals surface area (Å²) in [5, 5.41) is 2.71. The molecule has 0 bridgehead atoms. The van der Waals surface area contributed by atoms with Crippen LogP contribution in [0.25, 0.3) is 0 Å². The summed E-state index contributed by atoms with van der Waals surface area (Å²) in [5.41, 5.74) is 16.0. The van der Waals surface area contributed by atoms with E-state index in [0.717, 1.165) is 55.5 Å². The quantitative estimate of drug-likeness (QED) is 0.325. The van der Waals surface area contributed by atoms with Gasteiger partial charge in [0.25, 0.3) is 0 Å². The van der Waals surface area contributed by atoms with E-state index in [9.17, 15) is 9.59 Å². The molecule has 0 saturated carbocycles. The number of rotatable bonds is 5.